The van der Waals surface area contributed by atoms with E-state index in [0.717, 1.165) is 6.21 Å². The van der Waals surface area contributed by atoms with Gasteiger partial charge in [-0.3, -0.25) is 0 Å². The second-order valence-electron chi connectivity index (χ2n) is 1.14. The van der Waals surface area contributed by atoms with Crippen molar-refractivity contribution < 1.29 is 5.11 Å². The fourth-order valence-corrected chi connectivity index (χ4v) is 0.118. The summed E-state index contributed by atoms with van der Waals surface area (Å²) < 4.78 is 0. The van der Waals surface area contributed by atoms with Crippen LogP contribution >= 0.6 is 0 Å². The van der Waals surface area contributed by atoms with Gasteiger partial charge in [0.15, 0.2) is 0 Å². The average molecular weight is 87.1 g/mol. The molecule has 6 heavy (non-hydrogen) atoms. The van der Waals surface area contributed by atoms with Gasteiger partial charge in [-0.1, -0.05) is 6.92 Å². The highest BCUT2D eigenvalue weighted by Gasteiger charge is 1.87. The van der Waals surface area contributed by atoms with Gasteiger partial charge >= 0.3 is 0 Å². The van der Waals surface area contributed by atoms with Gasteiger partial charge in [-0.2, -0.15) is 0 Å². The molecular formula is C4H9NO. The Morgan fingerprint density at radius 3 is 2.50 bits per heavy atom. The van der Waals surface area contributed by atoms with Crippen LogP contribution in [0.15, 0.2) is 0 Å². The van der Waals surface area contributed by atoms with Gasteiger partial charge in [-0.15, -0.1) is 0 Å². The molecule has 0 saturated heterocycles. The van der Waals surface area contributed by atoms with E-state index in [1.807, 2.05) is 6.92 Å². The van der Waals surface area contributed by atoms with Crippen LogP contribution < -0.4 is 0 Å². The van der Waals surface area contributed by atoms with Crippen molar-refractivity contribution >= 4 is 6.21 Å². The van der Waals surface area contributed by atoms with Gasteiger partial charge in [0, 0.05) is 6.21 Å². The standard InChI is InChI=1S/C4H9NO/c1-2-4(6)3-5/h3-6H,2H2,1H3. The fraction of sp³-hybridized carbons (Fsp3) is 0.750. The van der Waals surface area contributed by atoms with Crippen LogP contribution in [0.2, 0.25) is 0 Å². The van der Waals surface area contributed by atoms with E-state index in [-0.39, 0.29) is 0 Å². The van der Waals surface area contributed by atoms with Gasteiger partial charge in [0.05, 0.1) is 6.10 Å². The summed E-state index contributed by atoms with van der Waals surface area (Å²) in [5, 5.41) is 14.9. The van der Waals surface area contributed by atoms with Crippen LogP contribution in [0.25, 0.3) is 0 Å². The third-order valence-corrected chi connectivity index (χ3v) is 0.611. The predicted molar refractivity (Wildman–Crippen MR) is 25.1 cm³/mol. The Bertz CT molecular complexity index is 44.8. The molecule has 0 rings (SSSR count). The van der Waals surface area contributed by atoms with Gasteiger partial charge < -0.3 is 10.5 Å². The summed E-state index contributed by atoms with van der Waals surface area (Å²) in [7, 11) is 0. The molecule has 0 amide bonds. The molecule has 0 aromatic rings. The van der Waals surface area contributed by atoms with Gasteiger partial charge in [0.2, 0.25) is 0 Å². The number of rotatable bonds is 2. The Labute approximate surface area is 37.3 Å². The van der Waals surface area contributed by atoms with E-state index in [0.29, 0.717) is 6.42 Å². The molecule has 0 aliphatic heterocycles. The molecule has 0 radical (unpaired) electrons. The molecule has 2 nitrogen and oxygen atoms in total. The maximum absolute atomic E-state index is 8.42. The van der Waals surface area contributed by atoms with Gasteiger partial charge in [-0.25, -0.2) is 0 Å². The van der Waals surface area contributed by atoms with Crippen LogP contribution in [-0.4, -0.2) is 17.4 Å². The van der Waals surface area contributed by atoms with E-state index >= 15 is 0 Å². The summed E-state index contributed by atoms with van der Waals surface area (Å²) >= 11 is 0. The molecule has 0 aromatic carbocycles. The second kappa shape index (κ2) is 2.85. The smallest absolute Gasteiger partial charge is 0.0881 e. The third kappa shape index (κ3) is 1.91. The molecule has 0 aliphatic carbocycles. The summed E-state index contributed by atoms with van der Waals surface area (Å²) in [5.74, 6) is 0. The molecule has 0 heterocycles. The van der Waals surface area contributed by atoms with Crippen molar-refractivity contribution in [2.75, 3.05) is 0 Å². The Balaban J connectivity index is 2.96. The first-order valence-electron chi connectivity index (χ1n) is 2.00. The number of hydrogen-bond donors (Lipinski definition) is 2. The van der Waals surface area contributed by atoms with Crippen LogP contribution in [0, 0.1) is 5.41 Å². The number of aliphatic hydroxyl groups excluding tert-OH is 1. The zero-order chi connectivity index (χ0) is 4.99. The lowest BCUT2D eigenvalue weighted by Crippen LogP contribution is -2.03. The van der Waals surface area contributed by atoms with E-state index in [9.17, 15) is 0 Å². The van der Waals surface area contributed by atoms with Gasteiger partial charge in [-0.05, 0) is 6.42 Å². The van der Waals surface area contributed by atoms with Crippen LogP contribution in [0.5, 0.6) is 0 Å². The average Bonchev–Trinajstić information content (AvgIpc) is 1.65. The summed E-state index contributed by atoms with van der Waals surface area (Å²) in [5.41, 5.74) is 0. The van der Waals surface area contributed by atoms with Crippen molar-refractivity contribution in [3.05, 3.63) is 0 Å². The minimum absolute atomic E-state index is 0.523. The molecule has 0 spiro atoms. The maximum Gasteiger partial charge on any atom is 0.0881 e. The number of aliphatic hydroxyl groups is 1. The summed E-state index contributed by atoms with van der Waals surface area (Å²) in [6.07, 6.45) is 1.15. The Morgan fingerprint density at radius 1 is 2.00 bits per heavy atom. The van der Waals surface area contributed by atoms with E-state index in [1.54, 1.807) is 0 Å². The van der Waals surface area contributed by atoms with E-state index in [2.05, 4.69) is 0 Å². The lowest BCUT2D eigenvalue weighted by molar-refractivity contribution is 0.241. The summed E-state index contributed by atoms with van der Waals surface area (Å²) in [4.78, 5) is 0. The minimum atomic E-state index is -0.523. The van der Waals surface area contributed by atoms with Crippen molar-refractivity contribution in [1.29, 1.82) is 5.41 Å². The highest BCUT2D eigenvalue weighted by atomic mass is 16.3. The van der Waals surface area contributed by atoms with Gasteiger partial charge in [0.25, 0.3) is 0 Å². The SMILES string of the molecule is CCC(O)C=N. The highest BCUT2D eigenvalue weighted by Crippen LogP contribution is 1.80. The molecule has 0 fully saturated rings. The normalized spacial score (nSPS) is 13.7. The second-order valence-corrected chi connectivity index (χ2v) is 1.14. The van der Waals surface area contributed by atoms with Gasteiger partial charge in [0.1, 0.15) is 0 Å². The zero-order valence-corrected chi connectivity index (χ0v) is 3.81. The lowest BCUT2D eigenvalue weighted by atomic mass is 10.3. The highest BCUT2D eigenvalue weighted by molar-refractivity contribution is 5.58. The molecule has 1 unspecified atom stereocenters. The lowest BCUT2D eigenvalue weighted by Gasteiger charge is -1.92. The molecule has 0 bridgehead atoms. The molecule has 0 saturated carbocycles. The Hall–Kier alpha value is -0.370. The first-order chi connectivity index (χ1) is 2.81. The number of hydrogen-bond acceptors (Lipinski definition) is 2. The monoisotopic (exact) mass is 87.1 g/mol. The van der Waals surface area contributed by atoms with Crippen molar-refractivity contribution in [1.82, 2.24) is 0 Å². The van der Waals surface area contributed by atoms with Crippen LogP contribution in [-0.2, 0) is 0 Å². The molecule has 0 aliphatic rings. The van der Waals surface area contributed by atoms with Crippen LogP contribution in [0.1, 0.15) is 13.3 Å². The number of nitrogens with one attached hydrogen (secondary N) is 1. The van der Waals surface area contributed by atoms with Crippen molar-refractivity contribution in [3.8, 4) is 0 Å². The molecular weight excluding hydrogens is 78.1 g/mol. The molecule has 2 heteroatoms. The fourth-order valence-electron chi connectivity index (χ4n) is 0.118. The van der Waals surface area contributed by atoms with Crippen LogP contribution in [0.4, 0.5) is 0 Å². The molecule has 2 N–H and O–H groups in total. The van der Waals surface area contributed by atoms with Crippen molar-refractivity contribution in [3.63, 3.8) is 0 Å². The van der Waals surface area contributed by atoms with Crippen LogP contribution in [0.3, 0.4) is 0 Å². The first kappa shape index (κ1) is 5.63. The molecule has 1 atom stereocenters. The van der Waals surface area contributed by atoms with Crippen molar-refractivity contribution in [2.45, 2.75) is 19.4 Å². The van der Waals surface area contributed by atoms with E-state index in [1.165, 1.54) is 0 Å². The topological polar surface area (TPSA) is 44.1 Å². The minimum Gasteiger partial charge on any atom is -0.387 e. The van der Waals surface area contributed by atoms with Crippen molar-refractivity contribution in [2.24, 2.45) is 0 Å². The quantitative estimate of drug-likeness (QED) is 0.470. The van der Waals surface area contributed by atoms with E-state index < -0.39 is 6.10 Å². The Morgan fingerprint density at radius 2 is 2.50 bits per heavy atom. The third-order valence-electron chi connectivity index (χ3n) is 0.611. The maximum atomic E-state index is 8.42. The largest absolute Gasteiger partial charge is 0.387 e. The molecule has 0 aromatic heterocycles. The molecule has 36 valence electrons. The summed E-state index contributed by atoms with van der Waals surface area (Å²) in [6, 6.07) is 0. The summed E-state index contributed by atoms with van der Waals surface area (Å²) in [6.45, 7) is 1.83. The predicted octanol–water partition coefficient (Wildman–Crippen LogP) is 0.407. The van der Waals surface area contributed by atoms with E-state index in [4.69, 9.17) is 10.5 Å². The Kier molecular flexibility index (Phi) is 2.67. The first-order valence-corrected chi connectivity index (χ1v) is 2.00. The zero-order valence-electron chi connectivity index (χ0n) is 3.81.